The largest absolute Gasteiger partial charge is 0.418 e. The predicted octanol–water partition coefficient (Wildman–Crippen LogP) is 5.66. The number of nitrogens with one attached hydrogen (secondary N) is 1. The summed E-state index contributed by atoms with van der Waals surface area (Å²) in [6.45, 7) is 1.63. The van der Waals surface area contributed by atoms with E-state index in [2.05, 4.69) is 14.7 Å². The van der Waals surface area contributed by atoms with Crippen LogP contribution in [0.25, 0.3) is 33.4 Å². The maximum absolute atomic E-state index is 13.3. The first kappa shape index (κ1) is 21.8. The van der Waals surface area contributed by atoms with Gasteiger partial charge in [0.25, 0.3) is 0 Å². The molecule has 1 heterocycles. The number of fused-ring (bicyclic) bond motifs is 1. The molecule has 5 nitrogen and oxygen atoms in total. The number of nitrogens with zero attached hydrogens (tertiary/aromatic N) is 2. The SMILES string of the molecule is Cc1nc2c(C(F)(F)F)cccc2nc1-c1ccc(-c2cccc(NS(C)(=O)=O)c2)cc1. The normalized spacial score (nSPS) is 12.2. The van der Waals surface area contributed by atoms with E-state index < -0.39 is 21.8 Å². The molecule has 164 valence electrons. The van der Waals surface area contributed by atoms with Gasteiger partial charge in [0.15, 0.2) is 0 Å². The highest BCUT2D eigenvalue weighted by Gasteiger charge is 2.33. The molecule has 0 aliphatic rings. The zero-order chi connectivity index (χ0) is 23.1. The molecule has 32 heavy (non-hydrogen) atoms. The Morgan fingerprint density at radius 1 is 0.844 bits per heavy atom. The lowest BCUT2D eigenvalue weighted by atomic mass is 10.0. The van der Waals surface area contributed by atoms with E-state index in [9.17, 15) is 21.6 Å². The summed E-state index contributed by atoms with van der Waals surface area (Å²) in [6.07, 6.45) is -3.43. The Morgan fingerprint density at radius 3 is 2.16 bits per heavy atom. The molecule has 0 fully saturated rings. The Morgan fingerprint density at radius 2 is 1.50 bits per heavy atom. The van der Waals surface area contributed by atoms with E-state index in [1.54, 1.807) is 25.1 Å². The molecule has 4 aromatic rings. The molecule has 0 aliphatic carbocycles. The Bertz CT molecular complexity index is 1420. The number of anilines is 1. The second-order valence-corrected chi connectivity index (χ2v) is 9.11. The first-order valence-electron chi connectivity index (χ1n) is 9.54. The third-order valence-electron chi connectivity index (χ3n) is 4.83. The van der Waals surface area contributed by atoms with E-state index in [4.69, 9.17) is 0 Å². The lowest BCUT2D eigenvalue weighted by Crippen LogP contribution is -2.09. The molecule has 0 atom stereocenters. The molecule has 0 saturated heterocycles. The van der Waals surface area contributed by atoms with E-state index in [1.807, 2.05) is 30.3 Å². The van der Waals surface area contributed by atoms with Crippen molar-refractivity contribution in [2.75, 3.05) is 11.0 Å². The van der Waals surface area contributed by atoms with Gasteiger partial charge in [0.05, 0.1) is 28.7 Å². The van der Waals surface area contributed by atoms with E-state index >= 15 is 0 Å². The van der Waals surface area contributed by atoms with E-state index in [0.717, 1.165) is 23.4 Å². The number of aryl methyl sites for hydroxylation is 1. The van der Waals surface area contributed by atoms with Gasteiger partial charge in [0, 0.05) is 11.3 Å². The van der Waals surface area contributed by atoms with Crippen LogP contribution < -0.4 is 4.72 Å². The first-order chi connectivity index (χ1) is 15.0. The van der Waals surface area contributed by atoms with Crippen molar-refractivity contribution in [1.82, 2.24) is 9.97 Å². The van der Waals surface area contributed by atoms with Crippen molar-refractivity contribution < 1.29 is 21.6 Å². The lowest BCUT2D eigenvalue weighted by molar-refractivity contribution is -0.136. The predicted molar refractivity (Wildman–Crippen MR) is 119 cm³/mol. The summed E-state index contributed by atoms with van der Waals surface area (Å²) < 4.78 is 65.2. The van der Waals surface area contributed by atoms with Crippen LogP contribution in [0, 0.1) is 6.92 Å². The highest BCUT2D eigenvalue weighted by molar-refractivity contribution is 7.92. The second kappa shape index (κ2) is 7.90. The summed E-state index contributed by atoms with van der Waals surface area (Å²) in [7, 11) is -3.39. The van der Waals surface area contributed by atoms with Gasteiger partial charge in [-0.3, -0.25) is 4.72 Å². The number of hydrogen-bond acceptors (Lipinski definition) is 4. The highest BCUT2D eigenvalue weighted by Crippen LogP contribution is 2.35. The minimum atomic E-state index is -4.51. The van der Waals surface area contributed by atoms with Crippen LogP contribution in [0.5, 0.6) is 0 Å². The average molecular weight is 457 g/mol. The summed E-state index contributed by atoms with van der Waals surface area (Å²) >= 11 is 0. The summed E-state index contributed by atoms with van der Waals surface area (Å²) in [5.74, 6) is 0. The summed E-state index contributed by atoms with van der Waals surface area (Å²) in [4.78, 5) is 8.63. The Kier molecular flexibility index (Phi) is 5.37. The van der Waals surface area contributed by atoms with Crippen molar-refractivity contribution in [3.8, 4) is 22.4 Å². The fraction of sp³-hybridized carbons (Fsp3) is 0.130. The van der Waals surface area contributed by atoms with Crippen molar-refractivity contribution in [3.05, 3.63) is 78.0 Å². The van der Waals surface area contributed by atoms with Crippen LogP contribution >= 0.6 is 0 Å². The minimum Gasteiger partial charge on any atom is -0.284 e. The van der Waals surface area contributed by atoms with Gasteiger partial charge in [-0.25, -0.2) is 18.4 Å². The second-order valence-electron chi connectivity index (χ2n) is 7.36. The molecule has 3 aromatic carbocycles. The molecule has 0 unspecified atom stereocenters. The molecule has 1 aromatic heterocycles. The number of aromatic nitrogens is 2. The van der Waals surface area contributed by atoms with Crippen LogP contribution in [-0.2, 0) is 16.2 Å². The topological polar surface area (TPSA) is 72.0 Å². The van der Waals surface area contributed by atoms with Gasteiger partial charge in [0.2, 0.25) is 10.0 Å². The van der Waals surface area contributed by atoms with Crippen LogP contribution in [0.15, 0.2) is 66.7 Å². The van der Waals surface area contributed by atoms with Gasteiger partial charge in [-0.15, -0.1) is 0 Å². The Hall–Kier alpha value is -3.46. The third-order valence-corrected chi connectivity index (χ3v) is 5.44. The molecule has 9 heteroatoms. The molecule has 0 saturated carbocycles. The summed E-state index contributed by atoms with van der Waals surface area (Å²) in [5, 5.41) is 0. The number of benzene rings is 3. The van der Waals surface area contributed by atoms with Crippen LogP contribution in [-0.4, -0.2) is 24.6 Å². The number of hydrogen-bond donors (Lipinski definition) is 1. The van der Waals surface area contributed by atoms with Gasteiger partial charge < -0.3 is 0 Å². The standard InChI is InChI=1S/C23H18F3N3O2S/c1-14-21(28-20-8-4-7-19(22(20)27-14)23(24,25)26)16-11-9-15(10-12-16)17-5-3-6-18(13-17)29-32(2,30)31/h3-13,29H,1-2H3. The molecule has 0 bridgehead atoms. The molecule has 0 aliphatic heterocycles. The van der Waals surface area contributed by atoms with Crippen LogP contribution in [0.4, 0.5) is 18.9 Å². The van der Waals surface area contributed by atoms with Gasteiger partial charge in [-0.1, -0.05) is 42.5 Å². The van der Waals surface area contributed by atoms with Crippen molar-refractivity contribution >= 4 is 26.7 Å². The Labute approximate surface area is 183 Å². The number of halogens is 3. The van der Waals surface area contributed by atoms with Crippen molar-refractivity contribution in [2.24, 2.45) is 0 Å². The third kappa shape index (κ3) is 4.57. The first-order valence-corrected chi connectivity index (χ1v) is 11.4. The zero-order valence-electron chi connectivity index (χ0n) is 17.1. The summed E-state index contributed by atoms with van der Waals surface area (Å²) in [5.41, 5.74) is 2.89. The van der Waals surface area contributed by atoms with Crippen molar-refractivity contribution in [2.45, 2.75) is 13.1 Å². The molecule has 0 spiro atoms. The van der Waals surface area contributed by atoms with E-state index in [1.165, 1.54) is 12.1 Å². The number of alkyl halides is 3. The van der Waals surface area contributed by atoms with Gasteiger partial charge in [-0.2, -0.15) is 13.2 Å². The number of sulfonamides is 1. The number of para-hydroxylation sites is 1. The van der Waals surface area contributed by atoms with Gasteiger partial charge in [-0.05, 0) is 42.3 Å². The van der Waals surface area contributed by atoms with Crippen LogP contribution in [0.1, 0.15) is 11.3 Å². The summed E-state index contributed by atoms with van der Waals surface area (Å²) in [6, 6.07) is 18.1. The van der Waals surface area contributed by atoms with Crippen molar-refractivity contribution in [1.29, 1.82) is 0 Å². The molecular weight excluding hydrogens is 439 g/mol. The van der Waals surface area contributed by atoms with Gasteiger partial charge >= 0.3 is 6.18 Å². The van der Waals surface area contributed by atoms with Crippen LogP contribution in [0.3, 0.4) is 0 Å². The quantitative estimate of drug-likeness (QED) is 0.429. The molecule has 0 amide bonds. The molecule has 4 rings (SSSR count). The molecule has 0 radical (unpaired) electrons. The monoisotopic (exact) mass is 457 g/mol. The zero-order valence-corrected chi connectivity index (χ0v) is 17.9. The Balaban J connectivity index is 1.71. The number of rotatable bonds is 4. The molecule has 1 N–H and O–H groups in total. The smallest absolute Gasteiger partial charge is 0.284 e. The fourth-order valence-corrected chi connectivity index (χ4v) is 4.02. The lowest BCUT2D eigenvalue weighted by Gasteiger charge is -2.12. The fourth-order valence-electron chi connectivity index (χ4n) is 3.46. The highest BCUT2D eigenvalue weighted by atomic mass is 32.2. The maximum Gasteiger partial charge on any atom is 0.418 e. The van der Waals surface area contributed by atoms with E-state index in [-0.39, 0.29) is 11.0 Å². The van der Waals surface area contributed by atoms with Crippen molar-refractivity contribution in [3.63, 3.8) is 0 Å². The maximum atomic E-state index is 13.3. The van der Waals surface area contributed by atoms with Gasteiger partial charge in [0.1, 0.15) is 5.52 Å². The van der Waals surface area contributed by atoms with E-state index in [0.29, 0.717) is 22.6 Å². The minimum absolute atomic E-state index is 0.170. The van der Waals surface area contributed by atoms with Crippen LogP contribution in [0.2, 0.25) is 0 Å². The molecular formula is C23H18F3N3O2S. The average Bonchev–Trinajstić information content (AvgIpc) is 2.71.